The van der Waals surface area contributed by atoms with Gasteiger partial charge in [0, 0.05) is 24.1 Å². The number of rotatable bonds is 4. The molecular formula is C13H15N3O2S2. The van der Waals surface area contributed by atoms with E-state index in [-0.39, 0.29) is 11.5 Å². The number of aryl methyl sites for hydroxylation is 2. The Labute approximate surface area is 124 Å². The summed E-state index contributed by atoms with van der Waals surface area (Å²) < 4.78 is 1.58. The Balaban J connectivity index is 2.01. The van der Waals surface area contributed by atoms with Crippen molar-refractivity contribution in [3.8, 4) is 0 Å². The lowest BCUT2D eigenvalue weighted by Gasteiger charge is -2.06. The second-order valence-electron chi connectivity index (χ2n) is 4.86. The molecule has 0 saturated carbocycles. The number of carbonyl (C=O) groups is 1. The van der Waals surface area contributed by atoms with E-state index in [9.17, 15) is 9.59 Å². The summed E-state index contributed by atoms with van der Waals surface area (Å²) in [6, 6.07) is 0. The van der Waals surface area contributed by atoms with Gasteiger partial charge in [-0.3, -0.25) is 14.2 Å². The molecule has 5 nitrogen and oxygen atoms in total. The molecule has 106 valence electrons. The smallest absolute Gasteiger partial charge is 0.262 e. The SMILES string of the molecule is Cn1c(SCCC(N)=O)nc2sc3c(c2c1=O)CCC3. The summed E-state index contributed by atoms with van der Waals surface area (Å²) in [6.45, 7) is 0. The predicted molar refractivity (Wildman–Crippen MR) is 81.4 cm³/mol. The van der Waals surface area contributed by atoms with Crippen LogP contribution >= 0.6 is 23.1 Å². The minimum absolute atomic E-state index is 0.0241. The summed E-state index contributed by atoms with van der Waals surface area (Å²) in [5.74, 6) is 0.213. The first-order valence-electron chi connectivity index (χ1n) is 6.50. The molecule has 0 aromatic carbocycles. The van der Waals surface area contributed by atoms with Crippen LogP contribution in [0.25, 0.3) is 10.2 Å². The number of hydrogen-bond acceptors (Lipinski definition) is 5. The molecule has 0 aliphatic heterocycles. The summed E-state index contributed by atoms with van der Waals surface area (Å²) in [7, 11) is 1.74. The van der Waals surface area contributed by atoms with Crippen LogP contribution in [-0.4, -0.2) is 21.2 Å². The molecule has 0 fully saturated rings. The first-order chi connectivity index (χ1) is 9.58. The van der Waals surface area contributed by atoms with Crippen LogP contribution in [0.1, 0.15) is 23.3 Å². The molecule has 20 heavy (non-hydrogen) atoms. The molecular weight excluding hydrogens is 294 g/mol. The zero-order valence-electron chi connectivity index (χ0n) is 11.1. The summed E-state index contributed by atoms with van der Waals surface area (Å²) >= 11 is 3.04. The largest absolute Gasteiger partial charge is 0.370 e. The standard InChI is InChI=1S/C13H15N3O2S2/c1-16-12(18)10-7-3-2-4-8(7)20-11(10)15-13(16)19-6-5-9(14)17/h2-6H2,1H3,(H2,14,17). The highest BCUT2D eigenvalue weighted by atomic mass is 32.2. The van der Waals surface area contributed by atoms with Crippen molar-refractivity contribution >= 4 is 39.2 Å². The molecule has 2 aromatic heterocycles. The first kappa shape index (κ1) is 13.6. The molecule has 0 spiro atoms. The molecule has 0 unspecified atom stereocenters. The molecule has 1 amide bonds. The van der Waals surface area contributed by atoms with Crippen molar-refractivity contribution in [2.45, 2.75) is 30.8 Å². The van der Waals surface area contributed by atoms with Crippen molar-refractivity contribution in [3.63, 3.8) is 0 Å². The third-order valence-corrected chi connectivity index (χ3v) is 5.70. The molecule has 1 aliphatic carbocycles. The fraction of sp³-hybridized carbons (Fsp3) is 0.462. The predicted octanol–water partition coefficient (Wildman–Crippen LogP) is 1.45. The van der Waals surface area contributed by atoms with Gasteiger partial charge < -0.3 is 5.73 Å². The average Bonchev–Trinajstić information content (AvgIpc) is 2.94. The van der Waals surface area contributed by atoms with Gasteiger partial charge in [0.2, 0.25) is 5.91 Å². The Kier molecular flexibility index (Phi) is 3.55. The van der Waals surface area contributed by atoms with Gasteiger partial charge in [-0.1, -0.05) is 11.8 Å². The van der Waals surface area contributed by atoms with E-state index in [1.165, 1.54) is 22.2 Å². The van der Waals surface area contributed by atoms with Gasteiger partial charge in [-0.15, -0.1) is 11.3 Å². The van der Waals surface area contributed by atoms with Crippen molar-refractivity contribution in [2.75, 3.05) is 5.75 Å². The molecule has 7 heteroatoms. The Morgan fingerprint density at radius 3 is 3.05 bits per heavy atom. The Bertz CT molecular complexity index is 748. The summed E-state index contributed by atoms with van der Waals surface area (Å²) in [4.78, 5) is 30.0. The van der Waals surface area contributed by atoms with Gasteiger partial charge in [0.05, 0.1) is 5.39 Å². The third-order valence-electron chi connectivity index (χ3n) is 3.48. The van der Waals surface area contributed by atoms with Crippen LogP contribution in [0.5, 0.6) is 0 Å². The molecule has 2 aromatic rings. The summed E-state index contributed by atoms with van der Waals surface area (Å²) in [5.41, 5.74) is 6.35. The molecule has 0 radical (unpaired) electrons. The minimum Gasteiger partial charge on any atom is -0.370 e. The molecule has 0 bridgehead atoms. The van der Waals surface area contributed by atoms with Gasteiger partial charge in [0.15, 0.2) is 5.16 Å². The quantitative estimate of drug-likeness (QED) is 0.685. The van der Waals surface area contributed by atoms with Crippen LogP contribution < -0.4 is 11.3 Å². The molecule has 2 heterocycles. The van der Waals surface area contributed by atoms with E-state index in [1.807, 2.05) is 0 Å². The monoisotopic (exact) mass is 309 g/mol. The summed E-state index contributed by atoms with van der Waals surface area (Å²) in [6.07, 6.45) is 3.47. The maximum Gasteiger partial charge on any atom is 0.262 e. The number of nitrogens with zero attached hydrogens (tertiary/aromatic N) is 2. The number of nitrogens with two attached hydrogens (primary N) is 1. The zero-order chi connectivity index (χ0) is 14.3. The van der Waals surface area contributed by atoms with E-state index in [1.54, 1.807) is 23.0 Å². The number of amides is 1. The fourth-order valence-corrected chi connectivity index (χ4v) is 4.71. The van der Waals surface area contributed by atoms with Crippen LogP contribution in [0.3, 0.4) is 0 Å². The molecule has 2 N–H and O–H groups in total. The van der Waals surface area contributed by atoms with Gasteiger partial charge in [0.1, 0.15) is 4.83 Å². The van der Waals surface area contributed by atoms with E-state index in [2.05, 4.69) is 4.98 Å². The number of thiophene rings is 1. The topological polar surface area (TPSA) is 78.0 Å². The maximum absolute atomic E-state index is 12.5. The van der Waals surface area contributed by atoms with Gasteiger partial charge >= 0.3 is 0 Å². The highest BCUT2D eigenvalue weighted by molar-refractivity contribution is 7.99. The van der Waals surface area contributed by atoms with Gasteiger partial charge in [-0.2, -0.15) is 0 Å². The molecule has 1 aliphatic rings. The first-order valence-corrected chi connectivity index (χ1v) is 8.30. The van der Waals surface area contributed by atoms with Crippen LogP contribution in [0, 0.1) is 0 Å². The second kappa shape index (κ2) is 5.21. The van der Waals surface area contributed by atoms with Crippen molar-refractivity contribution in [2.24, 2.45) is 12.8 Å². The second-order valence-corrected chi connectivity index (χ2v) is 7.01. The molecule has 3 rings (SSSR count). The van der Waals surface area contributed by atoms with Crippen molar-refractivity contribution in [1.29, 1.82) is 0 Å². The fourth-order valence-electron chi connectivity index (χ4n) is 2.48. The lowest BCUT2D eigenvalue weighted by Crippen LogP contribution is -2.20. The van der Waals surface area contributed by atoms with Gasteiger partial charge in [0.25, 0.3) is 5.56 Å². The number of carbonyl (C=O) groups excluding carboxylic acids is 1. The van der Waals surface area contributed by atoms with Crippen molar-refractivity contribution in [3.05, 3.63) is 20.8 Å². The Morgan fingerprint density at radius 1 is 1.50 bits per heavy atom. The lowest BCUT2D eigenvalue weighted by molar-refractivity contribution is -0.117. The molecule has 0 atom stereocenters. The third kappa shape index (κ3) is 2.25. The number of primary amides is 1. The van der Waals surface area contributed by atoms with Gasteiger partial charge in [-0.05, 0) is 24.8 Å². The highest BCUT2D eigenvalue weighted by Crippen LogP contribution is 2.35. The van der Waals surface area contributed by atoms with E-state index in [0.29, 0.717) is 17.3 Å². The lowest BCUT2D eigenvalue weighted by atomic mass is 10.2. The van der Waals surface area contributed by atoms with E-state index in [4.69, 9.17) is 5.73 Å². The van der Waals surface area contributed by atoms with Crippen molar-refractivity contribution < 1.29 is 4.79 Å². The van der Waals surface area contributed by atoms with E-state index >= 15 is 0 Å². The number of aromatic nitrogens is 2. The van der Waals surface area contributed by atoms with Crippen LogP contribution in [0.4, 0.5) is 0 Å². The normalized spacial score (nSPS) is 13.8. The van der Waals surface area contributed by atoms with Crippen LogP contribution in [-0.2, 0) is 24.7 Å². The van der Waals surface area contributed by atoms with Crippen molar-refractivity contribution in [1.82, 2.24) is 9.55 Å². The maximum atomic E-state index is 12.5. The number of hydrogen-bond donors (Lipinski definition) is 1. The van der Waals surface area contributed by atoms with Crippen LogP contribution in [0.15, 0.2) is 9.95 Å². The Morgan fingerprint density at radius 2 is 2.30 bits per heavy atom. The highest BCUT2D eigenvalue weighted by Gasteiger charge is 2.22. The van der Waals surface area contributed by atoms with E-state index in [0.717, 1.165) is 29.5 Å². The zero-order valence-corrected chi connectivity index (χ0v) is 12.8. The average molecular weight is 309 g/mol. The Hall–Kier alpha value is -1.34. The van der Waals surface area contributed by atoms with Crippen LogP contribution in [0.2, 0.25) is 0 Å². The molecule has 0 saturated heterocycles. The van der Waals surface area contributed by atoms with Gasteiger partial charge in [-0.25, -0.2) is 4.98 Å². The van der Waals surface area contributed by atoms with E-state index < -0.39 is 0 Å². The number of fused-ring (bicyclic) bond motifs is 3. The summed E-state index contributed by atoms with van der Waals surface area (Å²) in [5, 5.41) is 1.45. The number of thioether (sulfide) groups is 1. The minimum atomic E-state index is -0.335.